The number of ether oxygens (including phenoxy) is 2. The van der Waals surface area contributed by atoms with Crippen LogP contribution in [0.25, 0.3) is 0 Å². The van der Waals surface area contributed by atoms with Gasteiger partial charge in [0.1, 0.15) is 0 Å². The van der Waals surface area contributed by atoms with E-state index in [9.17, 15) is 14.4 Å². The maximum Gasteiger partial charge on any atom is 0.303 e. The Hall–Kier alpha value is -1.43. The fraction of sp³-hybridized carbons (Fsp3) is 0.625. The van der Waals surface area contributed by atoms with Gasteiger partial charge < -0.3 is 14.6 Å². The Morgan fingerprint density at radius 1 is 1.43 bits per heavy atom. The number of aldehydes is 1. The van der Waals surface area contributed by atoms with E-state index in [1.165, 1.54) is 0 Å². The topological polar surface area (TPSA) is 89.9 Å². The van der Waals surface area contributed by atoms with Crippen molar-refractivity contribution in [3.05, 3.63) is 0 Å². The van der Waals surface area contributed by atoms with Crippen molar-refractivity contribution in [1.82, 2.24) is 0 Å². The molecule has 1 N–H and O–H groups in total. The van der Waals surface area contributed by atoms with Gasteiger partial charge in [0.2, 0.25) is 0 Å². The molecule has 0 aliphatic rings. The SMILES string of the molecule is [2H]CC(=O)O[C@@H](C=O)[C@@H](CO)OC(=O)C[2H]. The molecule has 0 aliphatic carbocycles. The Kier molecular flexibility index (Phi) is 3.97. The fourth-order valence-corrected chi connectivity index (χ4v) is 0.720. The lowest BCUT2D eigenvalue weighted by molar-refractivity contribution is -0.169. The van der Waals surface area contributed by atoms with Gasteiger partial charge in [-0.3, -0.25) is 14.4 Å². The minimum atomic E-state index is -1.46. The number of rotatable bonds is 5. The molecule has 0 aromatic carbocycles. The third kappa shape index (κ3) is 4.56. The Labute approximate surface area is 83.6 Å². The summed E-state index contributed by atoms with van der Waals surface area (Å²) < 4.78 is 22.3. The van der Waals surface area contributed by atoms with Crippen molar-refractivity contribution < 1.29 is 31.7 Å². The molecule has 6 heteroatoms. The Bertz CT molecular complexity index is 257. The highest BCUT2D eigenvalue weighted by Gasteiger charge is 2.25. The van der Waals surface area contributed by atoms with Crippen molar-refractivity contribution in [2.45, 2.75) is 26.0 Å². The molecule has 0 saturated carbocycles. The number of carbonyl (C=O) groups excluding carboxylic acids is 3. The average Bonchev–Trinajstić information content (AvgIpc) is 2.32. The van der Waals surface area contributed by atoms with Crippen molar-refractivity contribution in [2.75, 3.05) is 6.61 Å². The first-order chi connectivity index (χ1) is 7.58. The largest absolute Gasteiger partial charge is 0.456 e. The first kappa shape index (κ1) is 9.14. The Morgan fingerprint density at radius 2 is 2.00 bits per heavy atom. The lowest BCUT2D eigenvalue weighted by Gasteiger charge is -2.19. The zero-order valence-electron chi connectivity index (χ0n) is 9.34. The van der Waals surface area contributed by atoms with E-state index in [0.717, 1.165) is 0 Å². The van der Waals surface area contributed by atoms with Crippen molar-refractivity contribution in [3.63, 3.8) is 0 Å². The molecule has 0 aromatic rings. The Balaban J connectivity index is 4.43. The number of aliphatic hydroxyl groups is 1. The van der Waals surface area contributed by atoms with E-state index in [1.54, 1.807) is 0 Å². The molecule has 0 saturated heterocycles. The van der Waals surface area contributed by atoms with Crippen molar-refractivity contribution >= 4 is 18.2 Å². The zero-order chi connectivity index (χ0) is 12.6. The highest BCUT2D eigenvalue weighted by molar-refractivity contribution is 5.71. The summed E-state index contributed by atoms with van der Waals surface area (Å²) in [6.45, 7) is -2.08. The first-order valence-corrected chi connectivity index (χ1v) is 3.62. The summed E-state index contributed by atoms with van der Waals surface area (Å²) in [5, 5.41) is 8.82. The van der Waals surface area contributed by atoms with Crippen LogP contribution in [-0.4, -0.2) is 42.1 Å². The summed E-state index contributed by atoms with van der Waals surface area (Å²) in [6.07, 6.45) is -2.62. The van der Waals surface area contributed by atoms with Crippen LogP contribution in [0.3, 0.4) is 0 Å². The van der Waals surface area contributed by atoms with Crippen LogP contribution >= 0.6 is 0 Å². The van der Waals surface area contributed by atoms with Crippen LogP contribution in [0.4, 0.5) is 0 Å². The van der Waals surface area contributed by atoms with Crippen LogP contribution in [0.1, 0.15) is 16.5 Å². The fourth-order valence-electron chi connectivity index (χ4n) is 0.720. The van der Waals surface area contributed by atoms with Gasteiger partial charge in [-0.15, -0.1) is 0 Å². The number of aliphatic hydroxyl groups excluding tert-OH is 1. The molecule has 0 rings (SSSR count). The third-order valence-corrected chi connectivity index (χ3v) is 1.23. The predicted molar refractivity (Wildman–Crippen MR) is 44.3 cm³/mol. The maximum absolute atomic E-state index is 10.7. The normalized spacial score (nSPS) is 15.8. The van der Waals surface area contributed by atoms with E-state index in [1.807, 2.05) is 0 Å². The molecular weight excluding hydrogens is 192 g/mol. The van der Waals surface area contributed by atoms with E-state index in [4.69, 9.17) is 7.85 Å². The average molecular weight is 206 g/mol. The van der Waals surface area contributed by atoms with Gasteiger partial charge in [-0.05, 0) is 0 Å². The monoisotopic (exact) mass is 206 g/mol. The van der Waals surface area contributed by atoms with E-state index >= 15 is 0 Å². The van der Waals surface area contributed by atoms with E-state index in [-0.39, 0.29) is 6.29 Å². The summed E-state index contributed by atoms with van der Waals surface area (Å²) in [7, 11) is 0. The van der Waals surface area contributed by atoms with Gasteiger partial charge in [0, 0.05) is 16.5 Å². The standard InChI is InChI=1S/C8H12O6/c1-5(11)13-7(3-9)8(4-10)14-6(2)12/h3,7-8,10H,4H2,1-2H3/t7-,8+/m0/s1/i1D,2D. The van der Waals surface area contributed by atoms with Crippen molar-refractivity contribution in [1.29, 1.82) is 0 Å². The highest BCUT2D eigenvalue weighted by Crippen LogP contribution is 2.02. The lowest BCUT2D eigenvalue weighted by Crippen LogP contribution is -2.38. The number of carbonyl (C=O) groups is 3. The summed E-state index contributed by atoms with van der Waals surface area (Å²) in [4.78, 5) is 32.0. The molecule has 0 unspecified atom stereocenters. The highest BCUT2D eigenvalue weighted by atomic mass is 16.6. The molecule has 0 radical (unpaired) electrons. The molecule has 14 heavy (non-hydrogen) atoms. The van der Waals surface area contributed by atoms with E-state index in [2.05, 4.69) is 9.47 Å². The third-order valence-electron chi connectivity index (χ3n) is 1.23. The molecule has 0 amide bonds. The second kappa shape index (κ2) is 6.09. The molecule has 6 nitrogen and oxygen atoms in total. The van der Waals surface area contributed by atoms with Crippen LogP contribution in [0, 0.1) is 0 Å². The maximum atomic E-state index is 10.7. The van der Waals surface area contributed by atoms with Crippen LogP contribution < -0.4 is 0 Å². The second-order valence-corrected chi connectivity index (χ2v) is 2.30. The van der Waals surface area contributed by atoms with E-state index in [0.29, 0.717) is 0 Å². The van der Waals surface area contributed by atoms with Gasteiger partial charge in [0.15, 0.2) is 18.5 Å². The van der Waals surface area contributed by atoms with Crippen LogP contribution in [0.15, 0.2) is 0 Å². The number of hydrogen-bond donors (Lipinski definition) is 1. The number of hydrogen-bond acceptors (Lipinski definition) is 6. The van der Waals surface area contributed by atoms with Crippen LogP contribution in [0.2, 0.25) is 0 Å². The lowest BCUT2D eigenvalue weighted by atomic mass is 10.2. The van der Waals surface area contributed by atoms with Crippen LogP contribution in [-0.2, 0) is 23.9 Å². The van der Waals surface area contributed by atoms with Gasteiger partial charge in [-0.1, -0.05) is 0 Å². The minimum Gasteiger partial charge on any atom is -0.456 e. The number of esters is 2. The zero-order valence-corrected chi connectivity index (χ0v) is 7.34. The molecule has 0 spiro atoms. The summed E-state index contributed by atoms with van der Waals surface area (Å²) in [6, 6.07) is 0. The molecule has 2 atom stereocenters. The molecular formula is C8H12O6. The van der Waals surface area contributed by atoms with Crippen LogP contribution in [0.5, 0.6) is 0 Å². The van der Waals surface area contributed by atoms with Gasteiger partial charge >= 0.3 is 11.9 Å². The van der Waals surface area contributed by atoms with Crippen molar-refractivity contribution in [2.24, 2.45) is 0 Å². The molecule has 0 bridgehead atoms. The molecule has 0 fully saturated rings. The van der Waals surface area contributed by atoms with E-state index < -0.39 is 44.6 Å². The van der Waals surface area contributed by atoms with Gasteiger partial charge in [-0.25, -0.2) is 0 Å². The minimum absolute atomic E-state index is 0.186. The molecule has 0 heterocycles. The first-order valence-electron chi connectivity index (χ1n) is 5.04. The molecule has 0 aliphatic heterocycles. The Morgan fingerprint density at radius 3 is 2.43 bits per heavy atom. The smallest absolute Gasteiger partial charge is 0.303 e. The quantitative estimate of drug-likeness (QED) is 0.460. The molecule has 80 valence electrons. The summed E-state index contributed by atoms with van der Waals surface area (Å²) >= 11 is 0. The summed E-state index contributed by atoms with van der Waals surface area (Å²) in [5.74, 6) is -1.93. The van der Waals surface area contributed by atoms with Gasteiger partial charge in [0.05, 0.1) is 6.61 Å². The molecule has 0 aromatic heterocycles. The second-order valence-electron chi connectivity index (χ2n) is 2.30. The van der Waals surface area contributed by atoms with Gasteiger partial charge in [0.25, 0.3) is 0 Å². The van der Waals surface area contributed by atoms with Crippen molar-refractivity contribution in [3.8, 4) is 0 Å². The summed E-state index contributed by atoms with van der Waals surface area (Å²) in [5.41, 5.74) is 0. The van der Waals surface area contributed by atoms with Gasteiger partial charge in [-0.2, -0.15) is 0 Å². The predicted octanol–water partition coefficient (Wildman–Crippen LogP) is -0.959.